The molecule has 26 heavy (non-hydrogen) atoms. The minimum absolute atomic E-state index is 0.389. The lowest BCUT2D eigenvalue weighted by Crippen LogP contribution is -2.06. The van der Waals surface area contributed by atoms with Crippen molar-refractivity contribution in [3.8, 4) is 17.2 Å². The topological polar surface area (TPSA) is 86.5 Å². The molecule has 7 nitrogen and oxygen atoms in total. The van der Waals surface area contributed by atoms with Gasteiger partial charge < -0.3 is 0 Å². The Labute approximate surface area is 155 Å². The highest BCUT2D eigenvalue weighted by Crippen LogP contribution is 2.40. The van der Waals surface area contributed by atoms with Gasteiger partial charge in [0.1, 0.15) is 11.2 Å². The number of thiophene rings is 1. The molecule has 4 heterocycles. The Balaban J connectivity index is 1.85. The fraction of sp³-hybridized carbons (Fsp3) is 0.235. The lowest BCUT2D eigenvalue weighted by molar-refractivity contribution is 0.675. The summed E-state index contributed by atoms with van der Waals surface area (Å²) in [7, 11) is -1.27. The van der Waals surface area contributed by atoms with E-state index in [9.17, 15) is 4.21 Å². The zero-order valence-corrected chi connectivity index (χ0v) is 15.5. The summed E-state index contributed by atoms with van der Waals surface area (Å²) in [5.74, 6) is 1.30. The minimum Gasteiger partial charge on any atom is -0.264 e. The van der Waals surface area contributed by atoms with Gasteiger partial charge in [0.15, 0.2) is 11.6 Å². The highest BCUT2D eigenvalue weighted by molar-refractivity contribution is 7.84. The number of rotatable bonds is 3. The van der Waals surface area contributed by atoms with Gasteiger partial charge in [0.05, 0.1) is 16.2 Å². The van der Waals surface area contributed by atoms with Crippen molar-refractivity contribution in [2.75, 3.05) is 6.26 Å². The molecule has 1 aliphatic rings. The maximum absolute atomic E-state index is 12.1. The van der Waals surface area contributed by atoms with Crippen LogP contribution in [0, 0.1) is 0 Å². The van der Waals surface area contributed by atoms with Crippen molar-refractivity contribution >= 4 is 32.4 Å². The van der Waals surface area contributed by atoms with Crippen molar-refractivity contribution < 1.29 is 4.21 Å². The van der Waals surface area contributed by atoms with Gasteiger partial charge in [-0.05, 0) is 37.0 Å². The number of fused-ring (bicyclic) bond motifs is 3. The quantitative estimate of drug-likeness (QED) is 0.541. The summed E-state index contributed by atoms with van der Waals surface area (Å²) in [6.07, 6.45) is 9.88. The monoisotopic (exact) mass is 382 g/mol. The van der Waals surface area contributed by atoms with E-state index in [1.165, 1.54) is 10.4 Å². The van der Waals surface area contributed by atoms with Gasteiger partial charge in [-0.3, -0.25) is 13.8 Å². The van der Waals surface area contributed by atoms with E-state index in [-0.39, 0.29) is 0 Å². The van der Waals surface area contributed by atoms with Gasteiger partial charge in [0.25, 0.3) is 0 Å². The number of hydrogen-bond donors (Lipinski definition) is 0. The van der Waals surface area contributed by atoms with Gasteiger partial charge >= 0.3 is 0 Å². The van der Waals surface area contributed by atoms with Crippen LogP contribution in [0.1, 0.15) is 16.9 Å². The van der Waals surface area contributed by atoms with Crippen LogP contribution < -0.4 is 0 Å². The summed E-state index contributed by atoms with van der Waals surface area (Å²) in [4.78, 5) is 16.1. The van der Waals surface area contributed by atoms with Crippen LogP contribution in [-0.4, -0.2) is 40.2 Å². The maximum Gasteiger partial charge on any atom is 0.226 e. The first kappa shape index (κ1) is 15.7. The van der Waals surface area contributed by atoms with E-state index in [0.717, 1.165) is 35.0 Å². The van der Waals surface area contributed by atoms with Gasteiger partial charge in [-0.2, -0.15) is 0 Å². The van der Waals surface area contributed by atoms with Gasteiger partial charge in [-0.1, -0.05) is 0 Å². The van der Waals surface area contributed by atoms with Crippen LogP contribution in [-0.2, 0) is 23.6 Å². The molecule has 9 heteroatoms. The van der Waals surface area contributed by atoms with E-state index in [1.54, 1.807) is 40.9 Å². The van der Waals surface area contributed by atoms with E-state index >= 15 is 0 Å². The zero-order chi connectivity index (χ0) is 17.7. The molecule has 0 spiro atoms. The van der Waals surface area contributed by atoms with Gasteiger partial charge in [0.2, 0.25) is 5.16 Å². The molecule has 4 aromatic heterocycles. The van der Waals surface area contributed by atoms with Crippen LogP contribution in [0.3, 0.4) is 0 Å². The molecule has 0 aromatic carbocycles. The Hall–Kier alpha value is -2.52. The van der Waals surface area contributed by atoms with Crippen LogP contribution in [0.2, 0.25) is 0 Å². The molecule has 0 fully saturated rings. The van der Waals surface area contributed by atoms with Crippen molar-refractivity contribution in [2.45, 2.75) is 24.4 Å². The maximum atomic E-state index is 12.1. The Bertz CT molecular complexity index is 1150. The predicted octanol–water partition coefficient (Wildman–Crippen LogP) is 2.56. The minimum atomic E-state index is -1.27. The molecule has 1 aliphatic carbocycles. The lowest BCUT2D eigenvalue weighted by atomic mass is 10.2. The van der Waals surface area contributed by atoms with Crippen molar-refractivity contribution in [1.82, 2.24) is 29.7 Å². The normalized spacial score (nSPS) is 14.7. The van der Waals surface area contributed by atoms with E-state index in [0.29, 0.717) is 16.8 Å². The fourth-order valence-corrected chi connectivity index (χ4v) is 5.17. The fourth-order valence-electron chi connectivity index (χ4n) is 3.34. The van der Waals surface area contributed by atoms with E-state index in [2.05, 4.69) is 15.2 Å². The van der Waals surface area contributed by atoms with Crippen LogP contribution in [0.4, 0.5) is 0 Å². The van der Waals surface area contributed by atoms with Crippen LogP contribution in [0.5, 0.6) is 0 Å². The van der Waals surface area contributed by atoms with E-state index in [4.69, 9.17) is 9.97 Å². The molecule has 0 bridgehead atoms. The molecule has 4 aromatic rings. The zero-order valence-electron chi connectivity index (χ0n) is 13.9. The third kappa shape index (κ3) is 2.38. The standard InChI is InChI=1S/C17H14N6OS2/c1-26(24)17-22-19-9-23(17)15-13-11-5-2-6-12(11)25-16(13)21-14(20-15)10-4-3-7-18-8-10/h3-4,7-9H,2,5-6H2,1H3. The van der Waals surface area contributed by atoms with Gasteiger partial charge in [-0.15, -0.1) is 21.5 Å². The average molecular weight is 382 g/mol. The first-order valence-electron chi connectivity index (χ1n) is 8.19. The third-order valence-corrected chi connectivity index (χ3v) is 6.45. The third-order valence-electron chi connectivity index (χ3n) is 4.47. The predicted molar refractivity (Wildman–Crippen MR) is 99.9 cm³/mol. The molecular weight excluding hydrogens is 368 g/mol. The Morgan fingerprint density at radius 1 is 1.27 bits per heavy atom. The first-order valence-corrected chi connectivity index (χ1v) is 10.6. The van der Waals surface area contributed by atoms with Crippen molar-refractivity contribution in [3.05, 3.63) is 41.3 Å². The number of aromatic nitrogens is 6. The second-order valence-corrected chi connectivity index (χ2v) is 8.44. The van der Waals surface area contributed by atoms with Gasteiger partial charge in [-0.25, -0.2) is 9.97 Å². The van der Waals surface area contributed by atoms with Crippen molar-refractivity contribution in [3.63, 3.8) is 0 Å². The van der Waals surface area contributed by atoms with E-state index < -0.39 is 10.8 Å². The molecule has 0 amide bonds. The molecule has 130 valence electrons. The second kappa shape index (κ2) is 6.03. The smallest absolute Gasteiger partial charge is 0.226 e. The van der Waals surface area contributed by atoms with Crippen molar-refractivity contribution in [1.29, 1.82) is 0 Å². The molecule has 0 N–H and O–H groups in total. The molecule has 1 atom stereocenters. The average Bonchev–Trinajstić information content (AvgIpc) is 3.36. The number of hydrogen-bond acceptors (Lipinski definition) is 7. The van der Waals surface area contributed by atoms with E-state index in [1.807, 2.05) is 12.1 Å². The second-order valence-electron chi connectivity index (χ2n) is 6.09. The number of nitrogens with zero attached hydrogens (tertiary/aromatic N) is 6. The summed E-state index contributed by atoms with van der Waals surface area (Å²) in [6, 6.07) is 3.80. The molecule has 0 radical (unpaired) electrons. The molecular formula is C17H14N6OS2. The molecule has 1 unspecified atom stereocenters. The summed E-state index contributed by atoms with van der Waals surface area (Å²) in [5.41, 5.74) is 2.15. The van der Waals surface area contributed by atoms with Gasteiger partial charge in [0, 0.05) is 29.1 Å². The first-order chi connectivity index (χ1) is 12.7. The molecule has 0 aliphatic heterocycles. The van der Waals surface area contributed by atoms with Crippen molar-refractivity contribution in [2.24, 2.45) is 0 Å². The van der Waals surface area contributed by atoms with Crippen LogP contribution in [0.25, 0.3) is 27.4 Å². The number of aryl methyl sites for hydroxylation is 2. The van der Waals surface area contributed by atoms with Crippen LogP contribution in [0.15, 0.2) is 36.0 Å². The van der Waals surface area contributed by atoms with Crippen LogP contribution >= 0.6 is 11.3 Å². The highest BCUT2D eigenvalue weighted by atomic mass is 32.2. The largest absolute Gasteiger partial charge is 0.264 e. The number of pyridine rings is 1. The summed E-state index contributed by atoms with van der Waals surface area (Å²) in [6.45, 7) is 0. The summed E-state index contributed by atoms with van der Waals surface area (Å²) >= 11 is 1.72. The lowest BCUT2D eigenvalue weighted by Gasteiger charge is -2.09. The SMILES string of the molecule is CS(=O)c1nncn1-c1nc(-c2cccnc2)nc2sc3c(c12)CCC3. The molecule has 0 saturated carbocycles. The Morgan fingerprint density at radius 2 is 2.19 bits per heavy atom. The molecule has 0 saturated heterocycles. The highest BCUT2D eigenvalue weighted by Gasteiger charge is 2.25. The summed E-state index contributed by atoms with van der Waals surface area (Å²) < 4.78 is 13.8. The summed E-state index contributed by atoms with van der Waals surface area (Å²) in [5, 5.41) is 9.40. The molecule has 5 rings (SSSR count). The Morgan fingerprint density at radius 3 is 3.00 bits per heavy atom. The Kier molecular flexibility index (Phi) is 3.64.